The highest BCUT2D eigenvalue weighted by atomic mass is 35.5. The molecule has 0 saturated heterocycles. The largest absolute Gasteiger partial charge is 0.416 e. The van der Waals surface area contributed by atoms with Gasteiger partial charge in [0.25, 0.3) is 11.8 Å². The molecule has 0 radical (unpaired) electrons. The van der Waals surface area contributed by atoms with Crippen molar-refractivity contribution < 1.29 is 36.6 Å². The third-order valence-corrected chi connectivity index (χ3v) is 6.87. The minimum absolute atomic E-state index is 0.0411. The molecule has 42 heavy (non-hydrogen) atoms. The van der Waals surface area contributed by atoms with Gasteiger partial charge in [-0.3, -0.25) is 9.59 Å². The predicted molar refractivity (Wildman–Crippen MR) is 143 cm³/mol. The number of anilines is 1. The van der Waals surface area contributed by atoms with Gasteiger partial charge in [-0.05, 0) is 67.9 Å². The smallest absolute Gasteiger partial charge is 0.382 e. The number of nitrogens with zero attached hydrogens (tertiary/aromatic N) is 2. The lowest BCUT2D eigenvalue weighted by molar-refractivity contribution is -0.137. The molecule has 1 aliphatic heterocycles. The minimum atomic E-state index is -4.91. The number of aliphatic hydroxyl groups is 1. The summed E-state index contributed by atoms with van der Waals surface area (Å²) in [5.41, 5.74) is -2.31. The molecule has 1 aliphatic rings. The van der Waals surface area contributed by atoms with Crippen molar-refractivity contribution >= 4 is 29.1 Å². The summed E-state index contributed by atoms with van der Waals surface area (Å²) in [7, 11) is 0. The summed E-state index contributed by atoms with van der Waals surface area (Å²) >= 11 is 6.31. The van der Waals surface area contributed by atoms with Crippen molar-refractivity contribution in [3.8, 4) is 11.1 Å². The van der Waals surface area contributed by atoms with E-state index in [9.17, 15) is 36.6 Å². The molecule has 1 unspecified atom stereocenters. The summed E-state index contributed by atoms with van der Waals surface area (Å²) in [6.07, 6.45) is -2.16. The Balaban J connectivity index is 1.65. The highest BCUT2D eigenvalue weighted by molar-refractivity contribution is 6.31. The van der Waals surface area contributed by atoms with E-state index in [0.717, 1.165) is 12.1 Å². The first-order valence-corrected chi connectivity index (χ1v) is 12.7. The molecule has 0 spiro atoms. The number of rotatable bonds is 5. The summed E-state index contributed by atoms with van der Waals surface area (Å²) in [4.78, 5) is 34.6. The molecule has 3 N–H and O–H groups in total. The molecule has 1 aromatic heterocycles. The van der Waals surface area contributed by atoms with Crippen LogP contribution in [-0.2, 0) is 11.8 Å². The topological polar surface area (TPSA) is 104 Å². The van der Waals surface area contributed by atoms with Gasteiger partial charge in [-0.25, -0.2) is 18.7 Å². The molecule has 0 fully saturated rings. The van der Waals surface area contributed by atoms with Gasteiger partial charge in [-0.1, -0.05) is 11.6 Å². The standard InChI is InChI=1S/C29H20ClF5N4O3/c1-28(2,42)27-36-11-15(12-37-27)13-7-20-23(24(39-26(20)41)19-10-17(31)3-4-21(19)30)22(8-13)38-25(40)14-5-16(29(33,34)35)9-18(32)6-14/h3-12,24,42H,1-2H3,(H,38,40)(H,39,41). The number of hydrogen-bond donors (Lipinski definition) is 3. The van der Waals surface area contributed by atoms with E-state index in [1.807, 2.05) is 0 Å². The van der Waals surface area contributed by atoms with Crippen LogP contribution >= 0.6 is 11.6 Å². The molecule has 5 rings (SSSR count). The van der Waals surface area contributed by atoms with Crippen LogP contribution in [0.4, 0.5) is 27.6 Å². The number of nitrogens with one attached hydrogen (secondary N) is 2. The van der Waals surface area contributed by atoms with Gasteiger partial charge in [0, 0.05) is 50.9 Å². The number of aromatic nitrogens is 2. The Bertz CT molecular complexity index is 1740. The van der Waals surface area contributed by atoms with Crippen molar-refractivity contribution in [2.24, 2.45) is 0 Å². The number of fused-ring (bicyclic) bond motifs is 1. The van der Waals surface area contributed by atoms with Gasteiger partial charge in [0.1, 0.15) is 17.2 Å². The average molecular weight is 603 g/mol. The maximum absolute atomic E-state index is 14.2. The van der Waals surface area contributed by atoms with E-state index in [-0.39, 0.29) is 39.3 Å². The van der Waals surface area contributed by atoms with Crippen molar-refractivity contribution in [1.82, 2.24) is 15.3 Å². The first-order chi connectivity index (χ1) is 19.6. The van der Waals surface area contributed by atoms with E-state index in [1.54, 1.807) is 0 Å². The fourth-order valence-corrected chi connectivity index (χ4v) is 4.77. The first kappa shape index (κ1) is 29.1. The van der Waals surface area contributed by atoms with E-state index in [1.165, 1.54) is 44.4 Å². The number of amides is 2. The lowest BCUT2D eigenvalue weighted by Crippen LogP contribution is -2.21. The Hall–Kier alpha value is -4.42. The zero-order chi connectivity index (χ0) is 30.6. The number of alkyl halides is 3. The van der Waals surface area contributed by atoms with Gasteiger partial charge in [-0.15, -0.1) is 0 Å². The average Bonchev–Trinajstić information content (AvgIpc) is 3.25. The summed E-state index contributed by atoms with van der Waals surface area (Å²) in [6, 6.07) is 6.75. The van der Waals surface area contributed by atoms with Gasteiger partial charge in [0.15, 0.2) is 5.82 Å². The van der Waals surface area contributed by atoms with Crippen molar-refractivity contribution in [1.29, 1.82) is 0 Å². The van der Waals surface area contributed by atoms with Gasteiger partial charge in [0.05, 0.1) is 11.6 Å². The van der Waals surface area contributed by atoms with Crippen LogP contribution in [0.1, 0.15) is 63.1 Å². The zero-order valence-corrected chi connectivity index (χ0v) is 22.5. The third-order valence-electron chi connectivity index (χ3n) is 6.53. The summed E-state index contributed by atoms with van der Waals surface area (Å²) in [5.74, 6) is -3.52. The normalized spacial score (nSPS) is 14.9. The van der Waals surface area contributed by atoms with Crippen LogP contribution < -0.4 is 10.6 Å². The molecular formula is C29H20ClF5N4O3. The third kappa shape index (κ3) is 5.68. The molecule has 2 amide bonds. The van der Waals surface area contributed by atoms with Gasteiger partial charge in [0.2, 0.25) is 0 Å². The molecule has 13 heteroatoms. The second kappa shape index (κ2) is 10.4. The van der Waals surface area contributed by atoms with Crippen LogP contribution in [0.5, 0.6) is 0 Å². The van der Waals surface area contributed by atoms with Crippen molar-refractivity contribution in [2.45, 2.75) is 31.7 Å². The lowest BCUT2D eigenvalue weighted by Gasteiger charge is -2.19. The molecule has 0 bridgehead atoms. The van der Waals surface area contributed by atoms with Gasteiger partial charge >= 0.3 is 6.18 Å². The Morgan fingerprint density at radius 3 is 2.31 bits per heavy atom. The summed E-state index contributed by atoms with van der Waals surface area (Å²) < 4.78 is 68.2. The number of benzene rings is 3. The summed E-state index contributed by atoms with van der Waals surface area (Å²) in [5, 5.41) is 15.4. The molecule has 4 aromatic rings. The Morgan fingerprint density at radius 2 is 1.67 bits per heavy atom. The molecule has 0 saturated carbocycles. The van der Waals surface area contributed by atoms with E-state index in [4.69, 9.17) is 11.6 Å². The van der Waals surface area contributed by atoms with Crippen LogP contribution in [0.2, 0.25) is 5.02 Å². The number of hydrogen-bond acceptors (Lipinski definition) is 5. The van der Waals surface area contributed by atoms with Crippen molar-refractivity contribution in [3.05, 3.63) is 111 Å². The number of halogens is 6. The Morgan fingerprint density at radius 1 is 0.976 bits per heavy atom. The molecule has 3 aromatic carbocycles. The van der Waals surface area contributed by atoms with Crippen LogP contribution in [0.3, 0.4) is 0 Å². The van der Waals surface area contributed by atoms with Crippen LogP contribution in [-0.4, -0.2) is 26.9 Å². The maximum Gasteiger partial charge on any atom is 0.416 e. The minimum Gasteiger partial charge on any atom is -0.382 e. The molecule has 2 heterocycles. The Labute approximate surface area is 240 Å². The molecular weight excluding hydrogens is 583 g/mol. The SMILES string of the molecule is CC(C)(O)c1ncc(-c2cc(NC(=O)c3cc(F)cc(C(F)(F)F)c3)c3c(c2)C(=O)NC3c2cc(F)ccc2Cl)cn1. The van der Waals surface area contributed by atoms with Crippen LogP contribution in [0, 0.1) is 11.6 Å². The second-order valence-corrected chi connectivity index (χ2v) is 10.5. The van der Waals surface area contributed by atoms with Gasteiger partial charge < -0.3 is 15.7 Å². The number of carbonyl (C=O) groups is 2. The van der Waals surface area contributed by atoms with E-state index < -0.39 is 52.4 Å². The molecule has 0 aliphatic carbocycles. The molecule has 216 valence electrons. The monoisotopic (exact) mass is 602 g/mol. The van der Waals surface area contributed by atoms with Gasteiger partial charge in [-0.2, -0.15) is 13.2 Å². The zero-order valence-electron chi connectivity index (χ0n) is 21.8. The molecule has 1 atom stereocenters. The number of carbonyl (C=O) groups excluding carboxylic acids is 2. The fraction of sp³-hybridized carbons (Fsp3) is 0.172. The first-order valence-electron chi connectivity index (χ1n) is 12.3. The highest BCUT2D eigenvalue weighted by Gasteiger charge is 2.36. The van der Waals surface area contributed by atoms with E-state index in [2.05, 4.69) is 20.6 Å². The van der Waals surface area contributed by atoms with Crippen LogP contribution in [0.15, 0.2) is 60.9 Å². The highest BCUT2D eigenvalue weighted by Crippen LogP contribution is 2.42. The maximum atomic E-state index is 14.2. The lowest BCUT2D eigenvalue weighted by atomic mass is 9.93. The summed E-state index contributed by atoms with van der Waals surface area (Å²) in [6.45, 7) is 2.98. The second-order valence-electron chi connectivity index (χ2n) is 10.1. The van der Waals surface area contributed by atoms with E-state index in [0.29, 0.717) is 23.3 Å². The molecule has 7 nitrogen and oxygen atoms in total. The Kier molecular flexibility index (Phi) is 7.23. The van der Waals surface area contributed by atoms with Crippen molar-refractivity contribution in [3.63, 3.8) is 0 Å². The predicted octanol–water partition coefficient (Wildman–Crippen LogP) is 6.41. The fourth-order valence-electron chi connectivity index (χ4n) is 4.54. The quantitative estimate of drug-likeness (QED) is 0.229. The van der Waals surface area contributed by atoms with Crippen molar-refractivity contribution in [2.75, 3.05) is 5.32 Å². The van der Waals surface area contributed by atoms with Crippen LogP contribution in [0.25, 0.3) is 11.1 Å². The van der Waals surface area contributed by atoms with E-state index >= 15 is 0 Å².